The fraction of sp³-hybridized carbons (Fsp3) is 0.429. The minimum Gasteiger partial charge on any atom is -0.353 e. The van der Waals surface area contributed by atoms with E-state index >= 15 is 0 Å². The molecule has 2 aromatic rings. The number of benzene rings is 1. The lowest BCUT2D eigenvalue weighted by Gasteiger charge is -2.28. The van der Waals surface area contributed by atoms with Crippen molar-refractivity contribution in [3.05, 3.63) is 53.3 Å². The Morgan fingerprint density at radius 1 is 1.11 bits per heavy atom. The summed E-state index contributed by atoms with van der Waals surface area (Å²) >= 11 is 0. The fourth-order valence-electron chi connectivity index (χ4n) is 3.61. The molecule has 0 bridgehead atoms. The van der Waals surface area contributed by atoms with Crippen molar-refractivity contribution in [1.82, 2.24) is 14.8 Å². The summed E-state index contributed by atoms with van der Waals surface area (Å²) in [7, 11) is 2.01. The quantitative estimate of drug-likeness (QED) is 0.797. The molecule has 1 saturated heterocycles. The molecular formula is C21H28N4O2. The number of carbonyl (C=O) groups excluding carboxylic acids is 2. The van der Waals surface area contributed by atoms with E-state index in [1.807, 2.05) is 51.4 Å². The number of nitrogens with one attached hydrogen (secondary N) is 2. The van der Waals surface area contributed by atoms with Gasteiger partial charge in [-0.05, 0) is 69.1 Å². The molecule has 1 aliphatic heterocycles. The minimum atomic E-state index is -0.629. The van der Waals surface area contributed by atoms with Crippen molar-refractivity contribution >= 4 is 17.5 Å². The molecule has 2 amide bonds. The molecule has 2 N–H and O–H groups in total. The first-order chi connectivity index (χ1) is 13.0. The molecule has 1 atom stereocenters. The Kier molecular flexibility index (Phi) is 5.96. The van der Waals surface area contributed by atoms with Crippen LogP contribution in [0.5, 0.6) is 0 Å². The molecule has 1 aliphatic rings. The van der Waals surface area contributed by atoms with E-state index in [4.69, 9.17) is 0 Å². The summed E-state index contributed by atoms with van der Waals surface area (Å²) in [5, 5.41) is 5.54. The Morgan fingerprint density at radius 3 is 2.52 bits per heavy atom. The van der Waals surface area contributed by atoms with Crippen molar-refractivity contribution in [1.29, 1.82) is 0 Å². The summed E-state index contributed by atoms with van der Waals surface area (Å²) in [4.78, 5) is 27.1. The Balaban J connectivity index is 1.64. The number of aryl methyl sites for hydroxylation is 3. The van der Waals surface area contributed by atoms with Crippen LogP contribution in [0.4, 0.5) is 5.69 Å². The maximum Gasteiger partial charge on any atom is 0.313 e. The third-order valence-electron chi connectivity index (χ3n) is 5.21. The van der Waals surface area contributed by atoms with Gasteiger partial charge in [0, 0.05) is 31.2 Å². The fourth-order valence-corrected chi connectivity index (χ4v) is 3.61. The molecule has 0 aliphatic carbocycles. The molecule has 6 nitrogen and oxygen atoms in total. The van der Waals surface area contributed by atoms with Gasteiger partial charge < -0.3 is 15.2 Å². The monoisotopic (exact) mass is 368 g/mol. The Bertz CT molecular complexity index is 821. The minimum absolute atomic E-state index is 0.0740. The van der Waals surface area contributed by atoms with Crippen LogP contribution in [0.25, 0.3) is 0 Å². The van der Waals surface area contributed by atoms with Crippen molar-refractivity contribution < 1.29 is 9.59 Å². The predicted octanol–water partition coefficient (Wildman–Crippen LogP) is 2.53. The van der Waals surface area contributed by atoms with Gasteiger partial charge in [0.2, 0.25) is 0 Å². The third kappa shape index (κ3) is 4.57. The average Bonchev–Trinajstić information content (AvgIpc) is 3.31. The van der Waals surface area contributed by atoms with Crippen LogP contribution in [0.3, 0.4) is 0 Å². The van der Waals surface area contributed by atoms with Crippen molar-refractivity contribution in [2.75, 3.05) is 25.0 Å². The molecular weight excluding hydrogens is 340 g/mol. The summed E-state index contributed by atoms with van der Waals surface area (Å²) in [6.07, 6.45) is 4.34. The maximum atomic E-state index is 12.4. The first-order valence-electron chi connectivity index (χ1n) is 9.47. The smallest absolute Gasteiger partial charge is 0.313 e. The van der Waals surface area contributed by atoms with Crippen molar-refractivity contribution in [2.45, 2.75) is 32.7 Å². The maximum absolute atomic E-state index is 12.4. The highest BCUT2D eigenvalue weighted by Crippen LogP contribution is 2.24. The van der Waals surface area contributed by atoms with E-state index in [1.165, 1.54) is 12.8 Å². The third-order valence-corrected chi connectivity index (χ3v) is 5.21. The zero-order valence-corrected chi connectivity index (χ0v) is 16.3. The molecule has 1 unspecified atom stereocenters. The topological polar surface area (TPSA) is 66.4 Å². The first-order valence-corrected chi connectivity index (χ1v) is 9.47. The Morgan fingerprint density at radius 2 is 1.85 bits per heavy atom. The molecule has 1 aromatic heterocycles. The van der Waals surface area contributed by atoms with Crippen LogP contribution in [0.2, 0.25) is 0 Å². The van der Waals surface area contributed by atoms with Gasteiger partial charge in [0.15, 0.2) is 0 Å². The largest absolute Gasteiger partial charge is 0.353 e. The Hall–Kier alpha value is -2.60. The van der Waals surface area contributed by atoms with Gasteiger partial charge in [0.25, 0.3) is 0 Å². The molecule has 144 valence electrons. The van der Waals surface area contributed by atoms with Gasteiger partial charge in [-0.2, -0.15) is 0 Å². The summed E-state index contributed by atoms with van der Waals surface area (Å²) in [5.41, 5.74) is 3.79. The zero-order chi connectivity index (χ0) is 19.4. The van der Waals surface area contributed by atoms with Crippen LogP contribution in [-0.2, 0) is 16.6 Å². The second kappa shape index (κ2) is 8.39. The number of carbonyl (C=O) groups is 2. The van der Waals surface area contributed by atoms with Gasteiger partial charge in [-0.3, -0.25) is 14.5 Å². The van der Waals surface area contributed by atoms with E-state index in [0.29, 0.717) is 12.2 Å². The number of hydrogen-bond acceptors (Lipinski definition) is 3. The first kappa shape index (κ1) is 19.2. The molecule has 1 fully saturated rings. The van der Waals surface area contributed by atoms with Gasteiger partial charge in [0.1, 0.15) is 0 Å². The molecule has 27 heavy (non-hydrogen) atoms. The zero-order valence-electron chi connectivity index (χ0n) is 16.3. The van der Waals surface area contributed by atoms with Gasteiger partial charge in [0.05, 0.1) is 6.04 Å². The summed E-state index contributed by atoms with van der Waals surface area (Å²) in [6.45, 7) is 6.30. The van der Waals surface area contributed by atoms with Gasteiger partial charge >= 0.3 is 11.8 Å². The highest BCUT2D eigenvalue weighted by Gasteiger charge is 2.26. The van der Waals surface area contributed by atoms with E-state index in [2.05, 4.69) is 26.2 Å². The normalized spacial score (nSPS) is 15.5. The van der Waals surface area contributed by atoms with Gasteiger partial charge in [-0.1, -0.05) is 12.1 Å². The molecule has 6 heteroatoms. The van der Waals surface area contributed by atoms with Crippen LogP contribution in [-0.4, -0.2) is 40.9 Å². The van der Waals surface area contributed by atoms with Crippen LogP contribution < -0.4 is 10.6 Å². The second-order valence-electron chi connectivity index (χ2n) is 7.29. The summed E-state index contributed by atoms with van der Waals surface area (Å²) in [5.74, 6) is -1.23. The number of rotatable bonds is 5. The van der Waals surface area contributed by atoms with E-state index < -0.39 is 11.8 Å². The SMILES string of the molecule is Cc1ccc(C)c(NC(=O)C(=O)NCC(c2cccn2C)N2CCCC2)c1. The van der Waals surface area contributed by atoms with E-state index in [1.54, 1.807) is 0 Å². The second-order valence-corrected chi connectivity index (χ2v) is 7.29. The number of aromatic nitrogens is 1. The molecule has 0 spiro atoms. The number of hydrogen-bond donors (Lipinski definition) is 2. The molecule has 3 rings (SSSR count). The van der Waals surface area contributed by atoms with E-state index in [9.17, 15) is 9.59 Å². The van der Waals surface area contributed by atoms with E-state index in [-0.39, 0.29) is 6.04 Å². The van der Waals surface area contributed by atoms with Crippen molar-refractivity contribution in [3.8, 4) is 0 Å². The standard InChI is InChI=1S/C21H28N4O2/c1-15-8-9-16(2)17(13-15)23-21(27)20(26)22-14-19(25-11-4-5-12-25)18-7-6-10-24(18)3/h6-10,13,19H,4-5,11-12,14H2,1-3H3,(H,22,26)(H,23,27). The lowest BCUT2D eigenvalue weighted by molar-refractivity contribution is -0.136. The highest BCUT2D eigenvalue weighted by molar-refractivity contribution is 6.39. The van der Waals surface area contributed by atoms with Crippen LogP contribution >= 0.6 is 0 Å². The van der Waals surface area contributed by atoms with Crippen molar-refractivity contribution in [3.63, 3.8) is 0 Å². The highest BCUT2D eigenvalue weighted by atomic mass is 16.2. The Labute approximate surface area is 160 Å². The molecule has 1 aromatic carbocycles. The lowest BCUT2D eigenvalue weighted by Crippen LogP contribution is -2.42. The average molecular weight is 368 g/mol. The summed E-state index contributed by atoms with van der Waals surface area (Å²) in [6, 6.07) is 9.94. The number of anilines is 1. The molecule has 2 heterocycles. The van der Waals surface area contributed by atoms with Crippen molar-refractivity contribution in [2.24, 2.45) is 7.05 Å². The lowest BCUT2D eigenvalue weighted by atomic mass is 10.1. The number of amides is 2. The summed E-state index contributed by atoms with van der Waals surface area (Å²) < 4.78 is 2.07. The van der Waals surface area contributed by atoms with E-state index in [0.717, 1.165) is 29.9 Å². The van der Waals surface area contributed by atoms with Crippen LogP contribution in [0.1, 0.15) is 35.7 Å². The predicted molar refractivity (Wildman–Crippen MR) is 107 cm³/mol. The van der Waals surface area contributed by atoms with Crippen LogP contribution in [0, 0.1) is 13.8 Å². The number of nitrogens with zero attached hydrogens (tertiary/aromatic N) is 2. The van der Waals surface area contributed by atoms with Gasteiger partial charge in [-0.25, -0.2) is 0 Å². The molecule has 0 radical (unpaired) electrons. The number of likely N-dealkylation sites (tertiary alicyclic amines) is 1. The van der Waals surface area contributed by atoms with Crippen LogP contribution in [0.15, 0.2) is 36.5 Å². The molecule has 0 saturated carbocycles. The van der Waals surface area contributed by atoms with Gasteiger partial charge in [-0.15, -0.1) is 0 Å².